The van der Waals surface area contributed by atoms with E-state index in [4.69, 9.17) is 9.47 Å². The average Bonchev–Trinajstić information content (AvgIpc) is 2.41. The molecule has 0 aromatic heterocycles. The zero-order chi connectivity index (χ0) is 13.8. The third kappa shape index (κ3) is 3.14. The van der Waals surface area contributed by atoms with Crippen molar-refractivity contribution in [1.82, 2.24) is 0 Å². The van der Waals surface area contributed by atoms with Gasteiger partial charge < -0.3 is 14.6 Å². The molecule has 1 N–H and O–H groups in total. The van der Waals surface area contributed by atoms with Crippen LogP contribution in [-0.2, 0) is 0 Å². The summed E-state index contributed by atoms with van der Waals surface area (Å²) in [6, 6.07) is 4.45. The van der Waals surface area contributed by atoms with Crippen LogP contribution in [0.15, 0.2) is 18.2 Å². The highest BCUT2D eigenvalue weighted by Gasteiger charge is 2.25. The Morgan fingerprint density at radius 1 is 1.37 bits per heavy atom. The van der Waals surface area contributed by atoms with E-state index >= 15 is 0 Å². The van der Waals surface area contributed by atoms with Gasteiger partial charge in [-0.15, -0.1) is 0 Å². The molecule has 0 spiro atoms. The summed E-state index contributed by atoms with van der Waals surface area (Å²) in [6.07, 6.45) is 2.67. The number of hydrogen-bond donors (Lipinski definition) is 1. The largest absolute Gasteiger partial charge is 0.490 e. The van der Waals surface area contributed by atoms with Gasteiger partial charge >= 0.3 is 5.69 Å². The third-order valence-corrected chi connectivity index (χ3v) is 3.30. The van der Waals surface area contributed by atoms with E-state index in [9.17, 15) is 15.2 Å². The number of aliphatic hydroxyl groups excluding tert-OH is 1. The van der Waals surface area contributed by atoms with Gasteiger partial charge in [-0.3, -0.25) is 10.1 Å². The van der Waals surface area contributed by atoms with E-state index < -0.39 is 11.0 Å². The molecule has 104 valence electrons. The van der Waals surface area contributed by atoms with E-state index in [1.165, 1.54) is 19.2 Å². The monoisotopic (exact) mass is 267 g/mol. The van der Waals surface area contributed by atoms with E-state index in [0.29, 0.717) is 12.2 Å². The highest BCUT2D eigenvalue weighted by molar-refractivity contribution is 5.50. The van der Waals surface area contributed by atoms with Crippen LogP contribution in [0.25, 0.3) is 0 Å². The SMILES string of the molecule is COc1ccc(O[C@@H]2CCCC[C@H]2O)cc1[N+](=O)[O-]. The molecular weight excluding hydrogens is 250 g/mol. The minimum absolute atomic E-state index is 0.134. The number of aliphatic hydroxyl groups is 1. The number of rotatable bonds is 4. The molecule has 2 atom stereocenters. The van der Waals surface area contributed by atoms with Crippen LogP contribution in [0, 0.1) is 10.1 Å². The maximum atomic E-state index is 10.9. The summed E-state index contributed by atoms with van der Waals surface area (Å²) in [5.74, 6) is 0.583. The number of hydrogen-bond acceptors (Lipinski definition) is 5. The number of nitro benzene ring substituents is 1. The van der Waals surface area contributed by atoms with Gasteiger partial charge in [0.05, 0.1) is 24.2 Å². The van der Waals surface area contributed by atoms with Crippen molar-refractivity contribution in [1.29, 1.82) is 0 Å². The lowest BCUT2D eigenvalue weighted by Crippen LogP contribution is -2.34. The summed E-state index contributed by atoms with van der Waals surface area (Å²) in [5.41, 5.74) is -0.134. The van der Waals surface area contributed by atoms with Crippen molar-refractivity contribution < 1.29 is 19.5 Å². The molecule has 1 aromatic rings. The minimum Gasteiger partial charge on any atom is -0.490 e. The quantitative estimate of drug-likeness (QED) is 0.668. The average molecular weight is 267 g/mol. The molecular formula is C13H17NO5. The van der Waals surface area contributed by atoms with Crippen LogP contribution in [-0.4, -0.2) is 29.3 Å². The van der Waals surface area contributed by atoms with E-state index in [2.05, 4.69) is 0 Å². The van der Waals surface area contributed by atoms with Gasteiger partial charge in [-0.2, -0.15) is 0 Å². The van der Waals surface area contributed by atoms with Crippen LogP contribution in [0.2, 0.25) is 0 Å². The molecule has 0 saturated heterocycles. The predicted molar refractivity (Wildman–Crippen MR) is 68.5 cm³/mol. The highest BCUT2D eigenvalue weighted by Crippen LogP contribution is 2.32. The molecule has 1 aliphatic carbocycles. The zero-order valence-corrected chi connectivity index (χ0v) is 10.7. The van der Waals surface area contributed by atoms with Gasteiger partial charge in [0.25, 0.3) is 0 Å². The first-order chi connectivity index (χ1) is 9.11. The Labute approximate surface area is 111 Å². The first-order valence-electron chi connectivity index (χ1n) is 6.29. The Bertz CT molecular complexity index is 462. The molecule has 0 heterocycles. The Balaban J connectivity index is 2.16. The van der Waals surface area contributed by atoms with Crippen LogP contribution < -0.4 is 9.47 Å². The molecule has 6 heteroatoms. The lowest BCUT2D eigenvalue weighted by molar-refractivity contribution is -0.385. The van der Waals surface area contributed by atoms with E-state index in [1.54, 1.807) is 6.07 Å². The maximum Gasteiger partial charge on any atom is 0.314 e. The van der Waals surface area contributed by atoms with Crippen LogP contribution >= 0.6 is 0 Å². The molecule has 0 bridgehead atoms. The second kappa shape index (κ2) is 5.88. The van der Waals surface area contributed by atoms with Gasteiger partial charge in [0.15, 0.2) is 5.75 Å². The summed E-state index contributed by atoms with van der Waals surface area (Å²) in [5, 5.41) is 20.7. The highest BCUT2D eigenvalue weighted by atomic mass is 16.6. The Morgan fingerprint density at radius 2 is 2.11 bits per heavy atom. The standard InChI is InChI=1S/C13H17NO5/c1-18-12-7-6-9(8-10(12)14(16)17)19-13-5-3-2-4-11(13)15/h6-8,11,13,15H,2-5H2,1H3/t11-,13-/m1/s1. The second-order valence-electron chi connectivity index (χ2n) is 4.60. The van der Waals surface area contributed by atoms with Gasteiger partial charge in [0, 0.05) is 0 Å². The van der Waals surface area contributed by atoms with Crippen LogP contribution in [0.5, 0.6) is 11.5 Å². The van der Waals surface area contributed by atoms with Crippen molar-refractivity contribution in [3.8, 4) is 11.5 Å². The molecule has 19 heavy (non-hydrogen) atoms. The summed E-state index contributed by atoms with van der Waals surface area (Å²) >= 11 is 0. The maximum absolute atomic E-state index is 10.9. The van der Waals surface area contributed by atoms with Gasteiger partial charge in [0.2, 0.25) is 0 Å². The third-order valence-electron chi connectivity index (χ3n) is 3.30. The molecule has 1 fully saturated rings. The normalized spacial score (nSPS) is 22.8. The fourth-order valence-corrected chi connectivity index (χ4v) is 2.28. The molecule has 0 radical (unpaired) electrons. The van der Waals surface area contributed by atoms with E-state index in [0.717, 1.165) is 19.3 Å². The van der Waals surface area contributed by atoms with Gasteiger partial charge in [0.1, 0.15) is 11.9 Å². The molecule has 0 amide bonds. The number of nitro groups is 1. The van der Waals surface area contributed by atoms with E-state index in [1.807, 2.05) is 0 Å². The summed E-state index contributed by atoms with van der Waals surface area (Å²) in [7, 11) is 1.38. The van der Waals surface area contributed by atoms with Gasteiger partial charge in [-0.1, -0.05) is 6.42 Å². The zero-order valence-electron chi connectivity index (χ0n) is 10.7. The first kappa shape index (κ1) is 13.6. The predicted octanol–water partition coefficient (Wildman–Crippen LogP) is 2.29. The number of methoxy groups -OCH3 is 1. The van der Waals surface area contributed by atoms with E-state index in [-0.39, 0.29) is 17.5 Å². The Morgan fingerprint density at radius 3 is 2.74 bits per heavy atom. The summed E-state index contributed by atoms with van der Waals surface area (Å²) in [4.78, 5) is 10.4. The fraction of sp³-hybridized carbons (Fsp3) is 0.538. The van der Waals surface area contributed by atoms with Crippen LogP contribution in [0.3, 0.4) is 0 Å². The first-order valence-corrected chi connectivity index (χ1v) is 6.29. The molecule has 2 rings (SSSR count). The molecule has 0 aliphatic heterocycles. The van der Waals surface area contributed by atoms with Crippen molar-refractivity contribution in [2.75, 3.05) is 7.11 Å². The summed E-state index contributed by atoms with van der Waals surface area (Å²) in [6.45, 7) is 0. The lowest BCUT2D eigenvalue weighted by Gasteiger charge is -2.28. The van der Waals surface area contributed by atoms with Crippen LogP contribution in [0.4, 0.5) is 5.69 Å². The minimum atomic E-state index is -0.511. The Kier molecular flexibility index (Phi) is 4.21. The van der Waals surface area contributed by atoms with Crippen LogP contribution in [0.1, 0.15) is 25.7 Å². The molecule has 1 aromatic carbocycles. The molecule has 6 nitrogen and oxygen atoms in total. The van der Waals surface area contributed by atoms with Crippen molar-refractivity contribution in [2.24, 2.45) is 0 Å². The second-order valence-corrected chi connectivity index (χ2v) is 4.60. The molecule has 0 unspecified atom stereocenters. The molecule has 1 saturated carbocycles. The molecule has 1 aliphatic rings. The van der Waals surface area contributed by atoms with Gasteiger partial charge in [-0.05, 0) is 31.4 Å². The fourth-order valence-electron chi connectivity index (χ4n) is 2.28. The topological polar surface area (TPSA) is 81.8 Å². The number of nitrogens with zero attached hydrogens (tertiary/aromatic N) is 1. The lowest BCUT2D eigenvalue weighted by atomic mass is 9.95. The number of benzene rings is 1. The Hall–Kier alpha value is -1.82. The van der Waals surface area contributed by atoms with Gasteiger partial charge in [-0.25, -0.2) is 0 Å². The van der Waals surface area contributed by atoms with Crippen molar-refractivity contribution in [3.63, 3.8) is 0 Å². The van der Waals surface area contributed by atoms with Crippen molar-refractivity contribution in [3.05, 3.63) is 28.3 Å². The van der Waals surface area contributed by atoms with Crippen molar-refractivity contribution >= 4 is 5.69 Å². The van der Waals surface area contributed by atoms with Crippen molar-refractivity contribution in [2.45, 2.75) is 37.9 Å². The summed E-state index contributed by atoms with van der Waals surface area (Å²) < 4.78 is 10.6. The number of ether oxygens (including phenoxy) is 2. The smallest absolute Gasteiger partial charge is 0.314 e.